The van der Waals surface area contributed by atoms with Gasteiger partial charge in [-0.05, 0) is 33.6 Å². The number of nitrogens with zero attached hydrogens (tertiary/aromatic N) is 1. The van der Waals surface area contributed by atoms with Gasteiger partial charge in [-0.15, -0.1) is 0 Å². The quantitative estimate of drug-likeness (QED) is 0.738. The lowest BCUT2D eigenvalue weighted by atomic mass is 10.1. The minimum absolute atomic E-state index is 0.162. The maximum absolute atomic E-state index is 11.9. The molecule has 0 aromatic carbocycles. The monoisotopic (exact) mass is 215 g/mol. The molecule has 3 heteroatoms. The molecule has 0 fully saturated rings. The van der Waals surface area contributed by atoms with Gasteiger partial charge in [0.05, 0.1) is 0 Å². The fourth-order valence-electron chi connectivity index (χ4n) is 1.42. The number of amides is 1. The molecule has 0 aliphatic rings. The van der Waals surface area contributed by atoms with Crippen molar-refractivity contribution in [2.24, 2.45) is 0 Å². The van der Waals surface area contributed by atoms with E-state index >= 15 is 0 Å². The smallest absolute Gasteiger partial charge is 0.254 e. The molecule has 1 atom stereocenters. The van der Waals surface area contributed by atoms with Gasteiger partial charge in [0.2, 0.25) is 0 Å². The molecule has 0 spiro atoms. The Kier molecular flexibility index (Phi) is 5.88. The highest BCUT2D eigenvalue weighted by atomic mass is 16.3. The number of hydrogen-bond donors (Lipinski definition) is 1. The van der Waals surface area contributed by atoms with E-state index in [4.69, 9.17) is 0 Å². The zero-order valence-corrected chi connectivity index (χ0v) is 10.7. The summed E-state index contributed by atoms with van der Waals surface area (Å²) in [6.45, 7) is 10.0. The molecular weight excluding hydrogens is 190 g/mol. The van der Waals surface area contributed by atoms with Crippen molar-refractivity contribution in [3.8, 4) is 0 Å². The third-order valence-corrected chi connectivity index (χ3v) is 2.66. The first-order valence-electron chi connectivity index (χ1n) is 5.88. The summed E-state index contributed by atoms with van der Waals surface area (Å²) in [5.74, 6) is -0.162. The number of rotatable bonds is 6. The van der Waals surface area contributed by atoms with E-state index in [0.717, 1.165) is 25.8 Å². The van der Waals surface area contributed by atoms with Gasteiger partial charge in [0.1, 0.15) is 5.60 Å². The molecule has 0 aromatic heterocycles. The van der Waals surface area contributed by atoms with Gasteiger partial charge < -0.3 is 10.0 Å². The van der Waals surface area contributed by atoms with Crippen molar-refractivity contribution >= 4 is 5.91 Å². The van der Waals surface area contributed by atoms with Crippen molar-refractivity contribution in [2.75, 3.05) is 6.54 Å². The molecule has 0 aliphatic carbocycles. The van der Waals surface area contributed by atoms with Crippen molar-refractivity contribution in [1.82, 2.24) is 4.90 Å². The fraction of sp³-hybridized carbons (Fsp3) is 0.917. The van der Waals surface area contributed by atoms with Crippen LogP contribution in [0.25, 0.3) is 0 Å². The molecule has 0 radical (unpaired) electrons. The van der Waals surface area contributed by atoms with Crippen molar-refractivity contribution in [3.05, 3.63) is 0 Å². The molecule has 1 unspecified atom stereocenters. The van der Waals surface area contributed by atoms with Crippen molar-refractivity contribution in [3.63, 3.8) is 0 Å². The van der Waals surface area contributed by atoms with Crippen LogP contribution in [0.3, 0.4) is 0 Å². The van der Waals surface area contributed by atoms with Gasteiger partial charge in [0, 0.05) is 12.6 Å². The molecular formula is C12H25NO2. The molecule has 0 heterocycles. The molecule has 0 saturated carbocycles. The number of unbranched alkanes of at least 4 members (excludes halogenated alkanes) is 1. The Bertz CT molecular complexity index is 196. The van der Waals surface area contributed by atoms with Crippen LogP contribution >= 0.6 is 0 Å². The van der Waals surface area contributed by atoms with Crippen molar-refractivity contribution < 1.29 is 9.90 Å². The minimum atomic E-state index is -1.25. The van der Waals surface area contributed by atoms with Crippen LogP contribution in [0, 0.1) is 0 Å². The first-order chi connectivity index (χ1) is 6.84. The zero-order chi connectivity index (χ0) is 12.1. The Morgan fingerprint density at radius 1 is 1.40 bits per heavy atom. The lowest BCUT2D eigenvalue weighted by Gasteiger charge is -2.33. The first-order valence-corrected chi connectivity index (χ1v) is 5.88. The lowest BCUT2D eigenvalue weighted by molar-refractivity contribution is -0.150. The van der Waals surface area contributed by atoms with Crippen molar-refractivity contribution in [1.29, 1.82) is 0 Å². The van der Waals surface area contributed by atoms with Crippen molar-refractivity contribution in [2.45, 2.75) is 65.5 Å². The summed E-state index contributed by atoms with van der Waals surface area (Å²) in [4.78, 5) is 13.7. The minimum Gasteiger partial charge on any atom is -0.381 e. The molecule has 1 amide bonds. The summed E-state index contributed by atoms with van der Waals surface area (Å²) < 4.78 is 0. The fourth-order valence-corrected chi connectivity index (χ4v) is 1.42. The highest BCUT2D eigenvalue weighted by Gasteiger charge is 2.30. The van der Waals surface area contributed by atoms with E-state index in [9.17, 15) is 9.90 Å². The van der Waals surface area contributed by atoms with Gasteiger partial charge in [0.15, 0.2) is 0 Å². The normalized spacial score (nSPS) is 13.7. The lowest BCUT2D eigenvalue weighted by Crippen LogP contribution is -2.49. The van der Waals surface area contributed by atoms with E-state index < -0.39 is 5.60 Å². The Morgan fingerprint density at radius 3 is 2.27 bits per heavy atom. The molecule has 0 bridgehead atoms. The summed E-state index contributed by atoms with van der Waals surface area (Å²) in [6.07, 6.45) is 2.98. The number of carbonyl (C=O) groups excluding carboxylic acids is 1. The zero-order valence-electron chi connectivity index (χ0n) is 10.7. The molecule has 0 aliphatic heterocycles. The van der Waals surface area contributed by atoms with Crippen LogP contribution in [-0.2, 0) is 4.79 Å². The van der Waals surface area contributed by atoms with Gasteiger partial charge in [-0.3, -0.25) is 4.79 Å². The summed E-state index contributed by atoms with van der Waals surface area (Å²) in [5, 5.41) is 9.71. The largest absolute Gasteiger partial charge is 0.381 e. The summed E-state index contributed by atoms with van der Waals surface area (Å²) >= 11 is 0. The van der Waals surface area contributed by atoms with Gasteiger partial charge >= 0.3 is 0 Å². The standard InChI is InChI=1S/C12H25NO2/c1-6-8-9-13(10(3)7-2)11(14)12(4,5)15/h10,15H,6-9H2,1-5H3. The van der Waals surface area contributed by atoms with Crippen LogP contribution < -0.4 is 0 Å². The maximum Gasteiger partial charge on any atom is 0.254 e. The second-order valence-electron chi connectivity index (χ2n) is 4.67. The van der Waals surface area contributed by atoms with Gasteiger partial charge in [-0.1, -0.05) is 20.3 Å². The van der Waals surface area contributed by atoms with E-state index in [0.29, 0.717) is 0 Å². The molecule has 15 heavy (non-hydrogen) atoms. The maximum atomic E-state index is 11.9. The summed E-state index contributed by atoms with van der Waals surface area (Å²) in [7, 11) is 0. The van der Waals surface area contributed by atoms with Crippen LogP contribution in [0.5, 0.6) is 0 Å². The van der Waals surface area contributed by atoms with Crippen LogP contribution in [0.2, 0.25) is 0 Å². The SMILES string of the molecule is CCCCN(C(=O)C(C)(C)O)C(C)CC. The van der Waals surface area contributed by atoms with E-state index in [1.54, 1.807) is 18.7 Å². The Balaban J connectivity index is 4.55. The second kappa shape index (κ2) is 6.11. The van der Waals surface area contributed by atoms with Gasteiger partial charge in [0.25, 0.3) is 5.91 Å². The summed E-state index contributed by atoms with van der Waals surface area (Å²) in [5.41, 5.74) is -1.25. The molecule has 0 aromatic rings. The van der Waals surface area contributed by atoms with Crippen LogP contribution in [0.15, 0.2) is 0 Å². The van der Waals surface area contributed by atoms with E-state index in [1.807, 2.05) is 6.92 Å². The Morgan fingerprint density at radius 2 is 1.93 bits per heavy atom. The molecule has 0 rings (SSSR count). The predicted octanol–water partition coefficient (Wildman–Crippen LogP) is 2.18. The van der Waals surface area contributed by atoms with Gasteiger partial charge in [-0.2, -0.15) is 0 Å². The van der Waals surface area contributed by atoms with Crippen LogP contribution in [0.1, 0.15) is 53.9 Å². The topological polar surface area (TPSA) is 40.5 Å². The van der Waals surface area contributed by atoms with E-state index in [2.05, 4.69) is 13.8 Å². The predicted molar refractivity (Wildman–Crippen MR) is 62.7 cm³/mol. The number of aliphatic hydroxyl groups is 1. The van der Waals surface area contributed by atoms with Gasteiger partial charge in [-0.25, -0.2) is 0 Å². The summed E-state index contributed by atoms with van der Waals surface area (Å²) in [6, 6.07) is 0.204. The number of carbonyl (C=O) groups is 1. The van der Waals surface area contributed by atoms with Crippen LogP contribution in [0.4, 0.5) is 0 Å². The molecule has 1 N–H and O–H groups in total. The highest BCUT2D eigenvalue weighted by molar-refractivity contribution is 5.84. The van der Waals surface area contributed by atoms with E-state index in [1.165, 1.54) is 0 Å². The van der Waals surface area contributed by atoms with Crippen LogP contribution in [-0.4, -0.2) is 34.1 Å². The second-order valence-corrected chi connectivity index (χ2v) is 4.67. The molecule has 3 nitrogen and oxygen atoms in total. The third-order valence-electron chi connectivity index (χ3n) is 2.66. The first kappa shape index (κ1) is 14.4. The number of hydrogen-bond acceptors (Lipinski definition) is 2. The third kappa shape index (κ3) is 4.65. The Hall–Kier alpha value is -0.570. The molecule has 90 valence electrons. The van der Waals surface area contributed by atoms with E-state index in [-0.39, 0.29) is 11.9 Å². The average molecular weight is 215 g/mol. The Labute approximate surface area is 93.5 Å². The molecule has 0 saturated heterocycles. The highest BCUT2D eigenvalue weighted by Crippen LogP contribution is 2.13. The average Bonchev–Trinajstić information content (AvgIpc) is 2.16.